The van der Waals surface area contributed by atoms with Gasteiger partial charge in [-0.05, 0) is 43.7 Å². The van der Waals surface area contributed by atoms with Gasteiger partial charge >= 0.3 is 5.97 Å². The molecule has 1 heterocycles. The number of ether oxygens (including phenoxy) is 1. The van der Waals surface area contributed by atoms with Crippen LogP contribution < -0.4 is 10.6 Å². The second kappa shape index (κ2) is 9.36. The highest BCUT2D eigenvalue weighted by Gasteiger charge is 2.16. The number of esters is 1. The summed E-state index contributed by atoms with van der Waals surface area (Å²) in [6, 6.07) is 7.75. The fraction of sp³-hybridized carbons (Fsp3) is 0.333. The number of hydrogen-bond acceptors (Lipinski definition) is 5. The molecule has 0 fully saturated rings. The molecule has 8 nitrogen and oxygen atoms in total. The molecule has 2 amide bonds. The van der Waals surface area contributed by atoms with Crippen molar-refractivity contribution in [3.8, 4) is 5.69 Å². The first-order valence-electron chi connectivity index (χ1n) is 8.35. The van der Waals surface area contributed by atoms with E-state index in [9.17, 15) is 14.4 Å². The van der Waals surface area contributed by atoms with Crippen molar-refractivity contribution >= 4 is 17.8 Å². The zero-order valence-corrected chi connectivity index (χ0v) is 14.8. The fourth-order valence-electron chi connectivity index (χ4n) is 2.14. The molecule has 0 aliphatic carbocycles. The van der Waals surface area contributed by atoms with Gasteiger partial charge in [0, 0.05) is 18.9 Å². The zero-order valence-electron chi connectivity index (χ0n) is 14.8. The van der Waals surface area contributed by atoms with Crippen molar-refractivity contribution in [3.05, 3.63) is 48.3 Å². The average Bonchev–Trinajstić information content (AvgIpc) is 3.19. The molecule has 1 aromatic carbocycles. The maximum Gasteiger partial charge on any atom is 0.338 e. The van der Waals surface area contributed by atoms with Gasteiger partial charge in [-0.25, -0.2) is 9.48 Å². The molecule has 1 aromatic heterocycles. The maximum absolute atomic E-state index is 12.0. The van der Waals surface area contributed by atoms with Crippen molar-refractivity contribution in [1.29, 1.82) is 0 Å². The van der Waals surface area contributed by atoms with E-state index in [0.717, 1.165) is 12.1 Å². The Morgan fingerprint density at radius 3 is 2.58 bits per heavy atom. The van der Waals surface area contributed by atoms with Gasteiger partial charge in [-0.3, -0.25) is 9.59 Å². The standard InChI is InChI=1S/C18H22N4O4/c1-3-9-19-17(24)13(2)21-16(23)12-26-18(25)14-5-7-15(8-6-14)22-11-4-10-20-22/h4-8,10-11,13H,3,9,12H2,1-2H3,(H,19,24)(H,21,23)/t13-/m0/s1. The molecule has 2 N–H and O–H groups in total. The van der Waals surface area contributed by atoms with Gasteiger partial charge in [0.2, 0.25) is 5.91 Å². The first-order chi connectivity index (χ1) is 12.5. The maximum atomic E-state index is 12.0. The fourth-order valence-corrected chi connectivity index (χ4v) is 2.14. The summed E-state index contributed by atoms with van der Waals surface area (Å²) in [6.07, 6.45) is 4.25. The van der Waals surface area contributed by atoms with Gasteiger partial charge < -0.3 is 15.4 Å². The molecule has 0 saturated carbocycles. The van der Waals surface area contributed by atoms with Crippen LogP contribution in [-0.4, -0.2) is 46.8 Å². The van der Waals surface area contributed by atoms with Crippen LogP contribution in [-0.2, 0) is 14.3 Å². The van der Waals surface area contributed by atoms with E-state index < -0.39 is 24.5 Å². The van der Waals surface area contributed by atoms with E-state index in [2.05, 4.69) is 15.7 Å². The molecule has 0 spiro atoms. The molecule has 0 aliphatic rings. The summed E-state index contributed by atoms with van der Waals surface area (Å²) in [5.74, 6) is -1.43. The van der Waals surface area contributed by atoms with E-state index in [1.165, 1.54) is 0 Å². The summed E-state index contributed by atoms with van der Waals surface area (Å²) in [5.41, 5.74) is 1.12. The minimum atomic E-state index is -0.693. The van der Waals surface area contributed by atoms with E-state index in [1.54, 1.807) is 54.3 Å². The molecule has 26 heavy (non-hydrogen) atoms. The Hall–Kier alpha value is -3.16. The van der Waals surface area contributed by atoms with Crippen LogP contribution in [0, 0.1) is 0 Å². The largest absolute Gasteiger partial charge is 0.452 e. The lowest BCUT2D eigenvalue weighted by atomic mass is 10.2. The van der Waals surface area contributed by atoms with Crippen LogP contribution in [0.15, 0.2) is 42.7 Å². The van der Waals surface area contributed by atoms with Crippen LogP contribution in [0.25, 0.3) is 5.69 Å². The summed E-state index contributed by atoms with van der Waals surface area (Å²) >= 11 is 0. The molecule has 8 heteroatoms. The van der Waals surface area contributed by atoms with Crippen molar-refractivity contribution in [2.24, 2.45) is 0 Å². The molecular weight excluding hydrogens is 336 g/mol. The number of rotatable bonds is 8. The highest BCUT2D eigenvalue weighted by Crippen LogP contribution is 2.09. The predicted octanol–water partition coefficient (Wildman–Crippen LogP) is 1.06. The summed E-state index contributed by atoms with van der Waals surface area (Å²) < 4.78 is 6.64. The van der Waals surface area contributed by atoms with Crippen LogP contribution in [0.2, 0.25) is 0 Å². The first kappa shape index (κ1) is 19.2. The second-order valence-corrected chi connectivity index (χ2v) is 5.65. The van der Waals surface area contributed by atoms with Crippen molar-refractivity contribution in [2.45, 2.75) is 26.3 Å². The van der Waals surface area contributed by atoms with E-state index in [4.69, 9.17) is 4.74 Å². The number of aromatic nitrogens is 2. The summed E-state index contributed by atoms with van der Waals surface area (Å²) in [5, 5.41) is 9.26. The van der Waals surface area contributed by atoms with Gasteiger partial charge in [-0.1, -0.05) is 6.92 Å². The molecule has 2 aromatic rings. The van der Waals surface area contributed by atoms with Crippen molar-refractivity contribution < 1.29 is 19.1 Å². The topological polar surface area (TPSA) is 102 Å². The Labute approximate surface area is 151 Å². The van der Waals surface area contributed by atoms with E-state index >= 15 is 0 Å². The van der Waals surface area contributed by atoms with Crippen molar-refractivity contribution in [2.75, 3.05) is 13.2 Å². The number of benzene rings is 1. The van der Waals surface area contributed by atoms with E-state index in [-0.39, 0.29) is 5.91 Å². The number of nitrogens with zero attached hydrogens (tertiary/aromatic N) is 2. The summed E-state index contributed by atoms with van der Waals surface area (Å²) in [7, 11) is 0. The third kappa shape index (κ3) is 5.44. The molecule has 0 radical (unpaired) electrons. The Morgan fingerprint density at radius 2 is 1.96 bits per heavy atom. The van der Waals surface area contributed by atoms with E-state index in [0.29, 0.717) is 12.1 Å². The Morgan fingerprint density at radius 1 is 1.23 bits per heavy atom. The predicted molar refractivity (Wildman–Crippen MR) is 94.8 cm³/mol. The van der Waals surface area contributed by atoms with E-state index in [1.807, 2.05) is 6.92 Å². The molecule has 1 atom stereocenters. The van der Waals surface area contributed by atoms with Crippen LogP contribution in [0.5, 0.6) is 0 Å². The Bertz CT molecular complexity index is 741. The lowest BCUT2D eigenvalue weighted by Crippen LogP contribution is -2.46. The lowest BCUT2D eigenvalue weighted by Gasteiger charge is -2.13. The van der Waals surface area contributed by atoms with Crippen LogP contribution in [0.4, 0.5) is 0 Å². The smallest absolute Gasteiger partial charge is 0.338 e. The van der Waals surface area contributed by atoms with Gasteiger partial charge in [0.15, 0.2) is 6.61 Å². The minimum Gasteiger partial charge on any atom is -0.452 e. The van der Waals surface area contributed by atoms with Gasteiger partial charge in [0.1, 0.15) is 6.04 Å². The van der Waals surface area contributed by atoms with Crippen LogP contribution >= 0.6 is 0 Å². The Kier molecular flexibility index (Phi) is 6.90. The molecule has 0 unspecified atom stereocenters. The first-order valence-corrected chi connectivity index (χ1v) is 8.35. The molecule has 0 bridgehead atoms. The SMILES string of the molecule is CCCNC(=O)[C@H](C)NC(=O)COC(=O)c1ccc(-n2cccn2)cc1. The molecule has 2 rings (SSSR count). The van der Waals surface area contributed by atoms with Crippen LogP contribution in [0.1, 0.15) is 30.6 Å². The second-order valence-electron chi connectivity index (χ2n) is 5.65. The van der Waals surface area contributed by atoms with Gasteiger partial charge in [0.25, 0.3) is 5.91 Å². The highest BCUT2D eigenvalue weighted by molar-refractivity contribution is 5.92. The number of carbonyl (C=O) groups is 3. The molecular formula is C18H22N4O4. The zero-order chi connectivity index (χ0) is 18.9. The van der Waals surface area contributed by atoms with Gasteiger partial charge in [0.05, 0.1) is 11.3 Å². The number of hydrogen-bond donors (Lipinski definition) is 2. The molecule has 0 aliphatic heterocycles. The summed E-state index contributed by atoms with van der Waals surface area (Å²) in [6.45, 7) is 3.59. The minimum absolute atomic E-state index is 0.277. The third-order valence-corrected chi connectivity index (χ3v) is 3.53. The van der Waals surface area contributed by atoms with Gasteiger partial charge in [-0.2, -0.15) is 5.10 Å². The van der Waals surface area contributed by atoms with Crippen LogP contribution in [0.3, 0.4) is 0 Å². The molecule has 138 valence electrons. The van der Waals surface area contributed by atoms with Crippen molar-refractivity contribution in [3.63, 3.8) is 0 Å². The quantitative estimate of drug-likeness (QED) is 0.687. The van der Waals surface area contributed by atoms with Crippen molar-refractivity contribution in [1.82, 2.24) is 20.4 Å². The molecule has 0 saturated heterocycles. The third-order valence-electron chi connectivity index (χ3n) is 3.53. The van der Waals surface area contributed by atoms with Gasteiger partial charge in [-0.15, -0.1) is 0 Å². The monoisotopic (exact) mass is 358 g/mol. The normalized spacial score (nSPS) is 11.5. The lowest BCUT2D eigenvalue weighted by molar-refractivity contribution is -0.130. The number of carbonyl (C=O) groups excluding carboxylic acids is 3. The Balaban J connectivity index is 1.80. The highest BCUT2D eigenvalue weighted by atomic mass is 16.5. The summed E-state index contributed by atoms with van der Waals surface area (Å²) in [4.78, 5) is 35.5. The number of nitrogens with one attached hydrogen (secondary N) is 2. The number of amides is 2. The average molecular weight is 358 g/mol.